The average molecular weight is 237 g/mol. The second-order valence-corrected chi connectivity index (χ2v) is 4.72. The fraction of sp³-hybridized carbons (Fsp3) is 0.692. The molecule has 4 nitrogen and oxygen atoms in total. The van der Waals surface area contributed by atoms with Crippen molar-refractivity contribution in [1.29, 1.82) is 0 Å². The van der Waals surface area contributed by atoms with Gasteiger partial charge in [0.1, 0.15) is 11.6 Å². The highest BCUT2D eigenvalue weighted by Gasteiger charge is 2.07. The molecule has 0 aliphatic rings. The third-order valence-electron chi connectivity index (χ3n) is 2.63. The smallest absolute Gasteiger partial charge is 0.129 e. The van der Waals surface area contributed by atoms with Crippen molar-refractivity contribution in [2.24, 2.45) is 5.92 Å². The molecule has 96 valence electrons. The van der Waals surface area contributed by atoms with Gasteiger partial charge in [0.05, 0.1) is 6.10 Å². The van der Waals surface area contributed by atoms with Crippen molar-refractivity contribution in [3.05, 3.63) is 17.6 Å². The largest absolute Gasteiger partial charge is 0.393 e. The van der Waals surface area contributed by atoms with E-state index < -0.39 is 0 Å². The zero-order valence-electron chi connectivity index (χ0n) is 11.2. The van der Waals surface area contributed by atoms with Crippen LogP contribution in [0.1, 0.15) is 38.7 Å². The summed E-state index contributed by atoms with van der Waals surface area (Å²) in [5.74, 6) is 2.11. The van der Waals surface area contributed by atoms with E-state index in [0.717, 1.165) is 36.7 Å². The quantitative estimate of drug-likeness (QED) is 0.796. The molecule has 4 heteroatoms. The molecule has 0 fully saturated rings. The second-order valence-electron chi connectivity index (χ2n) is 4.72. The van der Waals surface area contributed by atoms with E-state index in [9.17, 15) is 5.11 Å². The van der Waals surface area contributed by atoms with Gasteiger partial charge in [-0.2, -0.15) is 0 Å². The van der Waals surface area contributed by atoms with Gasteiger partial charge < -0.3 is 10.4 Å². The Hall–Kier alpha value is -1.16. The number of anilines is 1. The van der Waals surface area contributed by atoms with E-state index in [0.29, 0.717) is 5.92 Å². The molecule has 1 aromatic heterocycles. The first-order valence-corrected chi connectivity index (χ1v) is 6.27. The molecule has 2 N–H and O–H groups in total. The Balaban J connectivity index is 2.54. The summed E-state index contributed by atoms with van der Waals surface area (Å²) in [5, 5.41) is 12.6. The molecule has 2 unspecified atom stereocenters. The minimum absolute atomic E-state index is 0.245. The Kier molecular flexibility index (Phi) is 5.35. The molecule has 1 aromatic rings. The van der Waals surface area contributed by atoms with E-state index in [-0.39, 0.29) is 6.10 Å². The molecule has 2 atom stereocenters. The summed E-state index contributed by atoms with van der Waals surface area (Å²) < 4.78 is 0. The molecule has 0 radical (unpaired) electrons. The number of aryl methyl sites for hydroxylation is 2. The summed E-state index contributed by atoms with van der Waals surface area (Å²) in [6.07, 6.45) is 1.48. The first-order valence-electron chi connectivity index (χ1n) is 6.27. The number of nitrogens with zero attached hydrogens (tertiary/aromatic N) is 2. The maximum atomic E-state index is 9.29. The number of aromatic nitrogens is 2. The Morgan fingerprint density at radius 3 is 2.65 bits per heavy atom. The van der Waals surface area contributed by atoms with Crippen LogP contribution in [0.3, 0.4) is 0 Å². The molecule has 0 amide bonds. The van der Waals surface area contributed by atoms with Crippen molar-refractivity contribution in [2.45, 2.75) is 46.6 Å². The topological polar surface area (TPSA) is 58.0 Å². The maximum Gasteiger partial charge on any atom is 0.129 e. The van der Waals surface area contributed by atoms with Crippen molar-refractivity contribution in [3.63, 3.8) is 0 Å². The summed E-state index contributed by atoms with van der Waals surface area (Å²) in [4.78, 5) is 8.68. The zero-order chi connectivity index (χ0) is 12.8. The van der Waals surface area contributed by atoms with E-state index >= 15 is 0 Å². The van der Waals surface area contributed by atoms with E-state index in [1.165, 1.54) is 0 Å². The molecule has 0 saturated carbocycles. The summed E-state index contributed by atoms with van der Waals surface area (Å²) in [6.45, 7) is 8.75. The molecule has 0 bridgehead atoms. The lowest BCUT2D eigenvalue weighted by atomic mass is 10.0. The van der Waals surface area contributed by atoms with Gasteiger partial charge in [0.15, 0.2) is 0 Å². The lowest BCUT2D eigenvalue weighted by molar-refractivity contribution is 0.166. The molecule has 0 saturated heterocycles. The number of aliphatic hydroxyl groups excluding tert-OH is 1. The number of hydrogen-bond acceptors (Lipinski definition) is 4. The second kappa shape index (κ2) is 6.55. The van der Waals surface area contributed by atoms with Gasteiger partial charge in [-0.1, -0.05) is 13.8 Å². The molecule has 1 heterocycles. The zero-order valence-corrected chi connectivity index (χ0v) is 11.2. The molecule has 17 heavy (non-hydrogen) atoms. The van der Waals surface area contributed by atoms with Crippen LogP contribution in [-0.2, 0) is 6.42 Å². The van der Waals surface area contributed by atoms with Crippen LogP contribution in [0.4, 0.5) is 5.82 Å². The highest BCUT2D eigenvalue weighted by atomic mass is 16.3. The Labute approximate surface area is 103 Å². The van der Waals surface area contributed by atoms with Crippen LogP contribution in [0.5, 0.6) is 0 Å². The fourth-order valence-electron chi connectivity index (χ4n) is 1.85. The van der Waals surface area contributed by atoms with Gasteiger partial charge in [0.2, 0.25) is 0 Å². The molecular weight excluding hydrogens is 214 g/mol. The number of rotatable bonds is 6. The Morgan fingerprint density at radius 2 is 2.06 bits per heavy atom. The first-order chi connectivity index (χ1) is 8.01. The van der Waals surface area contributed by atoms with Gasteiger partial charge in [0, 0.05) is 18.3 Å². The van der Waals surface area contributed by atoms with Gasteiger partial charge in [-0.15, -0.1) is 0 Å². The van der Waals surface area contributed by atoms with Gasteiger partial charge in [-0.25, -0.2) is 9.97 Å². The summed E-state index contributed by atoms with van der Waals surface area (Å²) in [5.41, 5.74) is 1.06. The normalized spacial score (nSPS) is 14.4. The predicted octanol–water partition coefficient (Wildman–Crippen LogP) is 2.17. The van der Waals surface area contributed by atoms with Crippen LogP contribution in [0.25, 0.3) is 0 Å². The minimum atomic E-state index is -0.245. The minimum Gasteiger partial charge on any atom is -0.393 e. The number of aliphatic hydroxyl groups is 1. The lowest BCUT2D eigenvalue weighted by Crippen LogP contribution is -2.17. The van der Waals surface area contributed by atoms with Crippen LogP contribution in [-0.4, -0.2) is 27.7 Å². The monoisotopic (exact) mass is 237 g/mol. The van der Waals surface area contributed by atoms with Gasteiger partial charge in [-0.05, 0) is 32.6 Å². The van der Waals surface area contributed by atoms with Gasteiger partial charge >= 0.3 is 0 Å². The third-order valence-corrected chi connectivity index (χ3v) is 2.63. The van der Waals surface area contributed by atoms with Crippen LogP contribution < -0.4 is 5.32 Å². The van der Waals surface area contributed by atoms with Gasteiger partial charge in [-0.3, -0.25) is 0 Å². The lowest BCUT2D eigenvalue weighted by Gasteiger charge is -2.15. The Morgan fingerprint density at radius 1 is 1.35 bits per heavy atom. The van der Waals surface area contributed by atoms with Crippen molar-refractivity contribution in [3.8, 4) is 0 Å². The summed E-state index contributed by atoms with van der Waals surface area (Å²) >= 11 is 0. The third kappa shape index (κ3) is 5.13. The van der Waals surface area contributed by atoms with E-state index in [1.807, 2.05) is 19.9 Å². The molecule has 0 aromatic carbocycles. The van der Waals surface area contributed by atoms with E-state index in [1.54, 1.807) is 0 Å². The van der Waals surface area contributed by atoms with Crippen molar-refractivity contribution < 1.29 is 5.11 Å². The van der Waals surface area contributed by atoms with Crippen molar-refractivity contribution in [2.75, 3.05) is 11.9 Å². The Bertz CT molecular complexity index is 353. The van der Waals surface area contributed by atoms with Gasteiger partial charge in [0.25, 0.3) is 0 Å². The highest BCUT2D eigenvalue weighted by Crippen LogP contribution is 2.10. The summed E-state index contributed by atoms with van der Waals surface area (Å²) in [7, 11) is 0. The van der Waals surface area contributed by atoms with Crippen molar-refractivity contribution in [1.82, 2.24) is 9.97 Å². The number of nitrogens with one attached hydrogen (secondary N) is 1. The highest BCUT2D eigenvalue weighted by molar-refractivity contribution is 5.36. The first kappa shape index (κ1) is 13.9. The standard InChI is InChI=1S/C13H23N3O/c1-5-12-7-13(16-11(4)15-12)14-8-9(2)6-10(3)17/h7,9-10,17H,5-6,8H2,1-4H3,(H,14,15,16). The predicted molar refractivity (Wildman–Crippen MR) is 70.1 cm³/mol. The van der Waals surface area contributed by atoms with E-state index in [4.69, 9.17) is 0 Å². The number of hydrogen-bond donors (Lipinski definition) is 2. The molecular formula is C13H23N3O. The summed E-state index contributed by atoms with van der Waals surface area (Å²) in [6, 6.07) is 1.99. The molecule has 1 rings (SSSR count). The molecule has 0 spiro atoms. The SMILES string of the molecule is CCc1cc(NCC(C)CC(C)O)nc(C)n1. The molecule has 0 aliphatic heterocycles. The maximum absolute atomic E-state index is 9.29. The van der Waals surface area contributed by atoms with Crippen LogP contribution >= 0.6 is 0 Å². The average Bonchev–Trinajstić information content (AvgIpc) is 2.24. The van der Waals surface area contributed by atoms with Crippen LogP contribution in [0.15, 0.2) is 6.07 Å². The van der Waals surface area contributed by atoms with E-state index in [2.05, 4.69) is 29.1 Å². The van der Waals surface area contributed by atoms with Crippen LogP contribution in [0.2, 0.25) is 0 Å². The van der Waals surface area contributed by atoms with Crippen LogP contribution in [0, 0.1) is 12.8 Å². The fourth-order valence-corrected chi connectivity index (χ4v) is 1.85. The molecule has 0 aliphatic carbocycles. The van der Waals surface area contributed by atoms with Crippen molar-refractivity contribution >= 4 is 5.82 Å².